The highest BCUT2D eigenvalue weighted by molar-refractivity contribution is 7.14. The van der Waals surface area contributed by atoms with Crippen molar-refractivity contribution in [3.63, 3.8) is 0 Å². The standard InChI is InChI=1S/C13H15N3OS/c1-9-2-5-12(18-9)13(17)15-11-6-14-16(8-11)7-10-3-4-10/h2,5-6,8,10H,3-4,7H2,1H3,(H,15,17). The number of nitrogens with one attached hydrogen (secondary N) is 1. The molecule has 0 atom stereocenters. The number of nitrogens with zero attached hydrogens (tertiary/aromatic N) is 2. The Morgan fingerprint density at radius 2 is 2.39 bits per heavy atom. The summed E-state index contributed by atoms with van der Waals surface area (Å²) >= 11 is 1.50. The lowest BCUT2D eigenvalue weighted by atomic mass is 10.4. The van der Waals surface area contributed by atoms with Gasteiger partial charge in [-0.15, -0.1) is 11.3 Å². The molecule has 0 aromatic carbocycles. The van der Waals surface area contributed by atoms with E-state index in [1.807, 2.05) is 29.9 Å². The molecule has 0 radical (unpaired) electrons. The van der Waals surface area contributed by atoms with Crippen LogP contribution in [0.2, 0.25) is 0 Å². The van der Waals surface area contributed by atoms with Gasteiger partial charge >= 0.3 is 0 Å². The number of rotatable bonds is 4. The molecular weight excluding hydrogens is 246 g/mol. The fraction of sp³-hybridized carbons (Fsp3) is 0.385. The van der Waals surface area contributed by atoms with Gasteiger partial charge in [0.25, 0.3) is 5.91 Å². The average molecular weight is 261 g/mol. The highest BCUT2D eigenvalue weighted by Gasteiger charge is 2.22. The van der Waals surface area contributed by atoms with Crippen LogP contribution in [0.3, 0.4) is 0 Å². The zero-order valence-corrected chi connectivity index (χ0v) is 11.0. The molecule has 1 fully saturated rings. The zero-order chi connectivity index (χ0) is 12.5. The van der Waals surface area contributed by atoms with Gasteiger partial charge in [0.2, 0.25) is 0 Å². The minimum atomic E-state index is -0.0564. The molecule has 3 rings (SSSR count). The smallest absolute Gasteiger partial charge is 0.265 e. The van der Waals surface area contributed by atoms with Crippen LogP contribution in [0.1, 0.15) is 27.4 Å². The molecule has 0 saturated heterocycles. The van der Waals surface area contributed by atoms with Crippen molar-refractivity contribution in [3.8, 4) is 0 Å². The largest absolute Gasteiger partial charge is 0.319 e. The summed E-state index contributed by atoms with van der Waals surface area (Å²) in [4.78, 5) is 13.8. The number of carbonyl (C=O) groups is 1. The molecule has 1 aliphatic rings. The number of anilines is 1. The van der Waals surface area contributed by atoms with Gasteiger partial charge in [-0.1, -0.05) is 0 Å². The van der Waals surface area contributed by atoms with E-state index in [2.05, 4.69) is 10.4 Å². The Morgan fingerprint density at radius 3 is 3.06 bits per heavy atom. The van der Waals surface area contributed by atoms with Crippen LogP contribution >= 0.6 is 11.3 Å². The molecule has 5 heteroatoms. The predicted octanol–water partition coefficient (Wildman–Crippen LogP) is 2.92. The molecule has 18 heavy (non-hydrogen) atoms. The Morgan fingerprint density at radius 1 is 1.56 bits per heavy atom. The molecule has 1 N–H and O–H groups in total. The molecule has 94 valence electrons. The van der Waals surface area contributed by atoms with Gasteiger partial charge in [-0.3, -0.25) is 9.48 Å². The van der Waals surface area contributed by atoms with Gasteiger partial charge in [-0.05, 0) is 37.8 Å². The van der Waals surface area contributed by atoms with E-state index in [0.717, 1.165) is 27.9 Å². The third-order valence-electron chi connectivity index (χ3n) is 3.00. The maximum Gasteiger partial charge on any atom is 0.265 e. The third-order valence-corrected chi connectivity index (χ3v) is 4.00. The molecule has 0 aliphatic heterocycles. The molecule has 0 bridgehead atoms. The van der Waals surface area contributed by atoms with Crippen LogP contribution in [-0.4, -0.2) is 15.7 Å². The normalized spacial score (nSPS) is 14.7. The molecular formula is C13H15N3OS. The van der Waals surface area contributed by atoms with E-state index in [1.54, 1.807) is 6.20 Å². The molecule has 1 saturated carbocycles. The summed E-state index contributed by atoms with van der Waals surface area (Å²) in [5.41, 5.74) is 0.770. The van der Waals surface area contributed by atoms with Gasteiger partial charge in [-0.2, -0.15) is 5.10 Å². The third kappa shape index (κ3) is 2.61. The molecule has 2 aromatic heterocycles. The van der Waals surface area contributed by atoms with Gasteiger partial charge in [0.15, 0.2) is 0 Å². The zero-order valence-electron chi connectivity index (χ0n) is 10.2. The van der Waals surface area contributed by atoms with Crippen molar-refractivity contribution in [2.24, 2.45) is 5.92 Å². The summed E-state index contributed by atoms with van der Waals surface area (Å²) < 4.78 is 1.91. The molecule has 2 heterocycles. The Hall–Kier alpha value is -1.62. The van der Waals surface area contributed by atoms with Crippen LogP contribution in [0.4, 0.5) is 5.69 Å². The van der Waals surface area contributed by atoms with Crippen molar-refractivity contribution < 1.29 is 4.79 Å². The summed E-state index contributed by atoms with van der Waals surface area (Å²) in [5, 5.41) is 7.13. The van der Waals surface area contributed by atoms with Crippen LogP contribution in [0.5, 0.6) is 0 Å². The first-order valence-electron chi connectivity index (χ1n) is 6.11. The average Bonchev–Trinajstić information content (AvgIpc) is 2.85. The van der Waals surface area contributed by atoms with Crippen LogP contribution in [0.25, 0.3) is 0 Å². The van der Waals surface area contributed by atoms with Gasteiger partial charge in [0, 0.05) is 17.6 Å². The first kappa shape index (κ1) is 11.5. The summed E-state index contributed by atoms with van der Waals surface area (Å²) in [7, 11) is 0. The fourth-order valence-corrected chi connectivity index (χ4v) is 2.60. The Labute approximate surface area is 110 Å². The van der Waals surface area contributed by atoms with Crippen molar-refractivity contribution in [2.75, 3.05) is 5.32 Å². The Kier molecular flexibility index (Phi) is 2.91. The number of aromatic nitrogens is 2. The molecule has 4 nitrogen and oxygen atoms in total. The highest BCUT2D eigenvalue weighted by atomic mass is 32.1. The summed E-state index contributed by atoms with van der Waals surface area (Å²) in [6, 6.07) is 3.81. The van der Waals surface area contributed by atoms with Crippen molar-refractivity contribution in [2.45, 2.75) is 26.3 Å². The van der Waals surface area contributed by atoms with Gasteiger partial charge in [-0.25, -0.2) is 0 Å². The second-order valence-electron chi connectivity index (χ2n) is 4.76. The van der Waals surface area contributed by atoms with Gasteiger partial charge < -0.3 is 5.32 Å². The Balaban J connectivity index is 1.64. The van der Waals surface area contributed by atoms with Crippen LogP contribution < -0.4 is 5.32 Å². The SMILES string of the molecule is Cc1ccc(C(=O)Nc2cnn(CC3CC3)c2)s1. The number of carbonyl (C=O) groups excluding carboxylic acids is 1. The van der Waals surface area contributed by atoms with Crippen LogP contribution in [0.15, 0.2) is 24.5 Å². The van der Waals surface area contributed by atoms with E-state index in [9.17, 15) is 4.79 Å². The van der Waals surface area contributed by atoms with E-state index in [0.29, 0.717) is 0 Å². The second-order valence-corrected chi connectivity index (χ2v) is 6.05. The molecule has 0 spiro atoms. The van der Waals surface area contributed by atoms with Crippen molar-refractivity contribution in [1.29, 1.82) is 0 Å². The molecule has 1 aliphatic carbocycles. The highest BCUT2D eigenvalue weighted by Crippen LogP contribution is 2.30. The topological polar surface area (TPSA) is 46.9 Å². The quantitative estimate of drug-likeness (QED) is 0.919. The first-order valence-corrected chi connectivity index (χ1v) is 6.92. The van der Waals surface area contributed by atoms with Crippen LogP contribution in [-0.2, 0) is 6.54 Å². The number of thiophene rings is 1. The molecule has 1 amide bonds. The van der Waals surface area contributed by atoms with Crippen molar-refractivity contribution in [3.05, 3.63) is 34.3 Å². The first-order chi connectivity index (χ1) is 8.70. The minimum absolute atomic E-state index is 0.0564. The Bertz CT molecular complexity index is 568. The lowest BCUT2D eigenvalue weighted by Crippen LogP contribution is -2.09. The minimum Gasteiger partial charge on any atom is -0.319 e. The monoisotopic (exact) mass is 261 g/mol. The fourth-order valence-electron chi connectivity index (χ4n) is 1.84. The maximum absolute atomic E-state index is 11.9. The number of hydrogen-bond acceptors (Lipinski definition) is 3. The van der Waals surface area contributed by atoms with E-state index < -0.39 is 0 Å². The number of aryl methyl sites for hydroxylation is 1. The number of amides is 1. The van der Waals surface area contributed by atoms with E-state index in [4.69, 9.17) is 0 Å². The van der Waals surface area contributed by atoms with E-state index in [1.165, 1.54) is 24.2 Å². The lowest BCUT2D eigenvalue weighted by Gasteiger charge is -1.99. The van der Waals surface area contributed by atoms with Gasteiger partial charge in [0.05, 0.1) is 16.8 Å². The second kappa shape index (κ2) is 4.57. The van der Waals surface area contributed by atoms with E-state index in [-0.39, 0.29) is 5.91 Å². The summed E-state index contributed by atoms with van der Waals surface area (Å²) in [5.74, 6) is 0.729. The van der Waals surface area contributed by atoms with Crippen molar-refractivity contribution >= 4 is 22.9 Å². The maximum atomic E-state index is 11.9. The van der Waals surface area contributed by atoms with Crippen molar-refractivity contribution in [1.82, 2.24) is 9.78 Å². The van der Waals surface area contributed by atoms with Crippen LogP contribution in [0, 0.1) is 12.8 Å². The molecule has 2 aromatic rings. The lowest BCUT2D eigenvalue weighted by molar-refractivity contribution is 0.103. The summed E-state index contributed by atoms with van der Waals surface area (Å²) in [6.07, 6.45) is 6.21. The van der Waals surface area contributed by atoms with E-state index >= 15 is 0 Å². The van der Waals surface area contributed by atoms with Gasteiger partial charge in [0.1, 0.15) is 0 Å². The number of hydrogen-bond donors (Lipinski definition) is 1. The molecule has 0 unspecified atom stereocenters. The summed E-state index contributed by atoms with van der Waals surface area (Å²) in [6.45, 7) is 2.96. The predicted molar refractivity (Wildman–Crippen MR) is 72.0 cm³/mol.